The fourth-order valence-corrected chi connectivity index (χ4v) is 2.16. The predicted molar refractivity (Wildman–Crippen MR) is 59.1 cm³/mol. The molecule has 0 aromatic carbocycles. The number of hydrogen-bond acceptors (Lipinski definition) is 3. The average Bonchev–Trinajstić information content (AvgIpc) is 2.88. The van der Waals surface area contributed by atoms with Crippen molar-refractivity contribution in [2.24, 2.45) is 0 Å². The molecule has 4 nitrogen and oxygen atoms in total. The second-order valence-electron chi connectivity index (χ2n) is 3.11. The first kappa shape index (κ1) is 8.43. The summed E-state index contributed by atoms with van der Waals surface area (Å²) in [5, 5.41) is 4.77. The van der Waals surface area contributed by atoms with Crippen LogP contribution in [0.15, 0.2) is 40.6 Å². The Kier molecular flexibility index (Phi) is 1.72. The van der Waals surface area contributed by atoms with E-state index in [0.29, 0.717) is 5.65 Å². The van der Waals surface area contributed by atoms with Gasteiger partial charge in [0.05, 0.1) is 10.6 Å². The minimum Gasteiger partial charge on any atom is -0.297 e. The van der Waals surface area contributed by atoms with E-state index in [4.69, 9.17) is 0 Å². The Bertz CT molecular complexity index is 651. The van der Waals surface area contributed by atoms with Crippen LogP contribution in [0.5, 0.6) is 0 Å². The number of hydrogen-bond donors (Lipinski definition) is 1. The first-order chi connectivity index (χ1) is 7.34. The van der Waals surface area contributed by atoms with Crippen LogP contribution in [0.4, 0.5) is 0 Å². The van der Waals surface area contributed by atoms with Crippen molar-refractivity contribution in [3.63, 3.8) is 0 Å². The molecule has 3 rings (SSSR count). The molecule has 0 aliphatic heterocycles. The van der Waals surface area contributed by atoms with E-state index in [1.54, 1.807) is 23.6 Å². The molecule has 74 valence electrons. The molecule has 0 aliphatic carbocycles. The van der Waals surface area contributed by atoms with Gasteiger partial charge in [-0.15, -0.1) is 11.3 Å². The van der Waals surface area contributed by atoms with Crippen molar-refractivity contribution in [3.05, 3.63) is 46.2 Å². The van der Waals surface area contributed by atoms with E-state index in [2.05, 4.69) is 10.1 Å². The Balaban J connectivity index is 2.34. The minimum atomic E-state index is -0.0894. The predicted octanol–water partition coefficient (Wildman–Crippen LogP) is 1.75. The molecule has 0 saturated carbocycles. The Hall–Kier alpha value is -1.88. The first-order valence-electron chi connectivity index (χ1n) is 4.46. The standard InChI is InChI=1S/C10H7N3OS/c14-10-6-7(8-2-1-5-15-8)12-9-3-4-11-13(9)10/h1-6,11H. The van der Waals surface area contributed by atoms with E-state index >= 15 is 0 Å². The molecule has 0 saturated heterocycles. The third-order valence-electron chi connectivity index (χ3n) is 2.15. The monoisotopic (exact) mass is 217 g/mol. The zero-order chi connectivity index (χ0) is 10.3. The highest BCUT2D eigenvalue weighted by Gasteiger charge is 2.05. The summed E-state index contributed by atoms with van der Waals surface area (Å²) in [5.74, 6) is 0. The van der Waals surface area contributed by atoms with Crippen molar-refractivity contribution in [2.45, 2.75) is 0 Å². The van der Waals surface area contributed by atoms with Gasteiger partial charge < -0.3 is 0 Å². The van der Waals surface area contributed by atoms with Crippen LogP contribution < -0.4 is 5.56 Å². The number of nitrogens with zero attached hydrogens (tertiary/aromatic N) is 2. The Morgan fingerprint density at radius 3 is 3.13 bits per heavy atom. The summed E-state index contributed by atoms with van der Waals surface area (Å²) in [5.41, 5.74) is 1.29. The molecule has 3 aromatic rings. The van der Waals surface area contributed by atoms with Crippen molar-refractivity contribution >= 4 is 17.0 Å². The summed E-state index contributed by atoms with van der Waals surface area (Å²) in [7, 11) is 0. The maximum atomic E-state index is 11.7. The Morgan fingerprint density at radius 1 is 1.40 bits per heavy atom. The highest BCUT2D eigenvalue weighted by molar-refractivity contribution is 7.13. The topological polar surface area (TPSA) is 50.2 Å². The number of fused-ring (bicyclic) bond motifs is 1. The minimum absolute atomic E-state index is 0.0894. The van der Waals surface area contributed by atoms with Crippen molar-refractivity contribution < 1.29 is 0 Å². The van der Waals surface area contributed by atoms with Crippen LogP contribution in [-0.2, 0) is 0 Å². The van der Waals surface area contributed by atoms with Crippen molar-refractivity contribution in [1.82, 2.24) is 14.6 Å². The van der Waals surface area contributed by atoms with Gasteiger partial charge in [-0.3, -0.25) is 9.89 Å². The molecule has 0 atom stereocenters. The molecule has 0 amide bonds. The van der Waals surface area contributed by atoms with Crippen LogP contribution in [0.3, 0.4) is 0 Å². The van der Waals surface area contributed by atoms with Crippen LogP contribution >= 0.6 is 11.3 Å². The molecule has 3 aromatic heterocycles. The smallest absolute Gasteiger partial charge is 0.273 e. The molecule has 0 unspecified atom stereocenters. The van der Waals surface area contributed by atoms with Gasteiger partial charge >= 0.3 is 0 Å². The quantitative estimate of drug-likeness (QED) is 0.675. The van der Waals surface area contributed by atoms with Gasteiger partial charge in [-0.25, -0.2) is 9.50 Å². The van der Waals surface area contributed by atoms with E-state index in [-0.39, 0.29) is 5.56 Å². The summed E-state index contributed by atoms with van der Waals surface area (Å²) in [6, 6.07) is 7.21. The lowest BCUT2D eigenvalue weighted by molar-refractivity contribution is 0.901. The van der Waals surface area contributed by atoms with Crippen LogP contribution in [-0.4, -0.2) is 14.6 Å². The Morgan fingerprint density at radius 2 is 2.33 bits per heavy atom. The molecule has 15 heavy (non-hydrogen) atoms. The SMILES string of the molecule is O=c1cc(-c2cccs2)nc2cc[nH]n12. The van der Waals surface area contributed by atoms with Crippen LogP contribution in [0.1, 0.15) is 0 Å². The average molecular weight is 217 g/mol. The molecule has 1 N–H and O–H groups in total. The maximum absolute atomic E-state index is 11.7. The van der Waals surface area contributed by atoms with E-state index in [0.717, 1.165) is 10.6 Å². The molecule has 0 spiro atoms. The van der Waals surface area contributed by atoms with E-state index in [1.807, 2.05) is 17.5 Å². The largest absolute Gasteiger partial charge is 0.297 e. The molecule has 3 heterocycles. The molecule has 5 heteroatoms. The molecular weight excluding hydrogens is 210 g/mol. The lowest BCUT2D eigenvalue weighted by Gasteiger charge is -1.96. The number of H-pyrrole nitrogens is 1. The van der Waals surface area contributed by atoms with Gasteiger partial charge in [0.2, 0.25) is 0 Å². The highest BCUT2D eigenvalue weighted by Crippen LogP contribution is 2.21. The van der Waals surface area contributed by atoms with Gasteiger partial charge in [-0.1, -0.05) is 6.07 Å². The van der Waals surface area contributed by atoms with E-state index in [9.17, 15) is 4.79 Å². The highest BCUT2D eigenvalue weighted by atomic mass is 32.1. The lowest BCUT2D eigenvalue weighted by atomic mass is 10.3. The number of rotatable bonds is 1. The summed E-state index contributed by atoms with van der Waals surface area (Å²) in [6.07, 6.45) is 1.70. The third kappa shape index (κ3) is 1.28. The summed E-state index contributed by atoms with van der Waals surface area (Å²) < 4.78 is 1.41. The van der Waals surface area contributed by atoms with Gasteiger partial charge in [0.15, 0.2) is 5.65 Å². The maximum Gasteiger partial charge on any atom is 0.273 e. The number of aromatic amines is 1. The summed E-state index contributed by atoms with van der Waals surface area (Å²) in [4.78, 5) is 17.0. The van der Waals surface area contributed by atoms with E-state index in [1.165, 1.54) is 10.6 Å². The second kappa shape index (κ2) is 3.06. The molecule has 0 bridgehead atoms. The molecule has 0 fully saturated rings. The van der Waals surface area contributed by atoms with Gasteiger partial charge in [0.1, 0.15) is 0 Å². The van der Waals surface area contributed by atoms with Crippen LogP contribution in [0.2, 0.25) is 0 Å². The zero-order valence-corrected chi connectivity index (χ0v) is 8.49. The molecule has 0 aliphatic rings. The fourth-order valence-electron chi connectivity index (χ4n) is 1.48. The second-order valence-corrected chi connectivity index (χ2v) is 4.06. The van der Waals surface area contributed by atoms with E-state index < -0.39 is 0 Å². The first-order valence-corrected chi connectivity index (χ1v) is 5.34. The van der Waals surface area contributed by atoms with Crippen LogP contribution in [0, 0.1) is 0 Å². The zero-order valence-electron chi connectivity index (χ0n) is 7.68. The van der Waals surface area contributed by atoms with Crippen molar-refractivity contribution in [3.8, 4) is 10.6 Å². The van der Waals surface area contributed by atoms with Gasteiger partial charge in [0.25, 0.3) is 5.56 Å². The van der Waals surface area contributed by atoms with Gasteiger partial charge in [-0.05, 0) is 11.4 Å². The Labute approximate surface area is 88.8 Å². The summed E-state index contributed by atoms with van der Waals surface area (Å²) >= 11 is 1.58. The van der Waals surface area contributed by atoms with Crippen LogP contribution in [0.25, 0.3) is 16.2 Å². The lowest BCUT2D eigenvalue weighted by Crippen LogP contribution is -2.13. The summed E-state index contributed by atoms with van der Waals surface area (Å²) in [6.45, 7) is 0. The number of thiophene rings is 1. The number of nitrogens with one attached hydrogen (secondary N) is 1. The van der Waals surface area contributed by atoms with Crippen molar-refractivity contribution in [1.29, 1.82) is 0 Å². The third-order valence-corrected chi connectivity index (χ3v) is 3.05. The molecule has 0 radical (unpaired) electrons. The van der Waals surface area contributed by atoms with Crippen molar-refractivity contribution in [2.75, 3.05) is 0 Å². The van der Waals surface area contributed by atoms with Gasteiger partial charge in [-0.2, -0.15) is 0 Å². The fraction of sp³-hybridized carbons (Fsp3) is 0. The number of aromatic nitrogens is 3. The van der Waals surface area contributed by atoms with Gasteiger partial charge in [0, 0.05) is 18.3 Å². The molecular formula is C10H7N3OS. The normalized spacial score (nSPS) is 10.9.